The Labute approximate surface area is 168 Å². The number of aryl methyl sites for hydroxylation is 1. The van der Waals surface area contributed by atoms with E-state index in [1.165, 1.54) is 16.8 Å². The molecule has 0 aromatic carbocycles. The monoisotopic (exact) mass is 416 g/mol. The first-order valence-corrected chi connectivity index (χ1v) is 10.5. The number of fused-ring (bicyclic) bond motifs is 1. The van der Waals surface area contributed by atoms with Crippen LogP contribution >= 0.6 is 0 Å². The van der Waals surface area contributed by atoms with E-state index >= 15 is 0 Å². The van der Waals surface area contributed by atoms with Crippen LogP contribution in [-0.4, -0.2) is 25.7 Å². The quantitative estimate of drug-likeness (QED) is 0.663. The maximum absolute atomic E-state index is 13.6. The third kappa shape index (κ3) is 4.06. The van der Waals surface area contributed by atoms with E-state index in [9.17, 15) is 13.4 Å². The highest BCUT2D eigenvalue weighted by Crippen LogP contribution is 2.29. The zero-order valence-corrected chi connectivity index (χ0v) is 17.0. The lowest BCUT2D eigenvalue weighted by atomic mass is 9.99. The first-order chi connectivity index (χ1) is 13.7. The van der Waals surface area contributed by atoms with E-state index in [2.05, 4.69) is 15.0 Å². The Hall–Kier alpha value is -3.03. The van der Waals surface area contributed by atoms with Gasteiger partial charge in [0.05, 0.1) is 4.90 Å². The first kappa shape index (κ1) is 20.7. The van der Waals surface area contributed by atoms with Gasteiger partial charge < -0.3 is 9.88 Å². The molecule has 1 unspecified atom stereocenters. The van der Waals surface area contributed by atoms with Gasteiger partial charge in [-0.05, 0) is 12.0 Å². The number of rotatable bonds is 4. The number of pyridine rings is 1. The van der Waals surface area contributed by atoms with Crippen molar-refractivity contribution < 1.29 is 13.4 Å². The summed E-state index contributed by atoms with van der Waals surface area (Å²) in [4.78, 5) is 16.5. The van der Waals surface area contributed by atoms with Gasteiger partial charge in [0.1, 0.15) is 27.4 Å². The molecule has 0 fully saturated rings. The molecule has 10 heteroatoms. The van der Waals surface area contributed by atoms with E-state index in [0.717, 1.165) is 12.5 Å². The van der Waals surface area contributed by atoms with Gasteiger partial charge in [-0.2, -0.15) is 9.65 Å². The Morgan fingerprint density at radius 3 is 2.93 bits per heavy atom. The molecule has 0 spiro atoms. The Morgan fingerprint density at radius 1 is 1.55 bits per heavy atom. The van der Waals surface area contributed by atoms with Crippen LogP contribution in [0.1, 0.15) is 42.0 Å². The van der Waals surface area contributed by atoms with Gasteiger partial charge in [0.15, 0.2) is 0 Å². The molecule has 3 atom stereocenters. The SMILES string of the molecule is CC[C@H](C)[C@H]1C=Cc2c(cn(C)c2C(=O)Nc2cc(F)nc(C#N)c2)S(=N)(=O)N1. The number of nitrogens with one attached hydrogen (secondary N) is 3. The Balaban J connectivity index is 2.03. The van der Waals surface area contributed by atoms with Crippen LogP contribution in [0.2, 0.25) is 0 Å². The zero-order chi connectivity index (χ0) is 21.3. The molecule has 2 aromatic heterocycles. The summed E-state index contributed by atoms with van der Waals surface area (Å²) in [7, 11) is -1.73. The summed E-state index contributed by atoms with van der Waals surface area (Å²) in [5.74, 6) is -1.32. The number of nitriles is 1. The summed E-state index contributed by atoms with van der Waals surface area (Å²) < 4.78 is 39.3. The van der Waals surface area contributed by atoms with Gasteiger partial charge in [-0.25, -0.2) is 18.7 Å². The molecule has 3 rings (SSSR count). The van der Waals surface area contributed by atoms with E-state index in [-0.39, 0.29) is 33.9 Å². The van der Waals surface area contributed by atoms with Crippen molar-refractivity contribution in [1.29, 1.82) is 10.0 Å². The van der Waals surface area contributed by atoms with Gasteiger partial charge in [-0.3, -0.25) is 4.79 Å². The van der Waals surface area contributed by atoms with Crippen LogP contribution in [0, 0.1) is 28.0 Å². The second kappa shape index (κ2) is 7.77. The second-order valence-corrected chi connectivity index (χ2v) is 8.73. The molecule has 0 radical (unpaired) electrons. The first-order valence-electron chi connectivity index (χ1n) is 8.99. The number of anilines is 1. The summed E-state index contributed by atoms with van der Waals surface area (Å²) >= 11 is 0. The standard InChI is InChI=1S/C19H21FN6O2S/c1-4-11(2)15-6-5-14-16(29(22,28)25-15)10-26(3)18(14)19(27)24-12-7-13(9-21)23-17(20)8-12/h5-8,10-11,15H,4H2,1-3H3,(H2,22,25,28)(H,23,24,27)/t11-,15+,29?/m0/s1. The molecule has 0 saturated heterocycles. The fourth-order valence-corrected chi connectivity index (χ4v) is 4.76. The molecule has 8 nitrogen and oxygen atoms in total. The van der Waals surface area contributed by atoms with E-state index in [0.29, 0.717) is 5.56 Å². The van der Waals surface area contributed by atoms with Gasteiger partial charge in [0, 0.05) is 36.6 Å². The van der Waals surface area contributed by atoms with Crippen molar-refractivity contribution in [1.82, 2.24) is 14.3 Å². The minimum Gasteiger partial charge on any atom is -0.345 e. The molecule has 29 heavy (non-hydrogen) atoms. The van der Waals surface area contributed by atoms with Crippen LogP contribution < -0.4 is 10.0 Å². The minimum absolute atomic E-state index is 0.0776. The largest absolute Gasteiger partial charge is 0.345 e. The highest BCUT2D eigenvalue weighted by atomic mass is 32.2. The van der Waals surface area contributed by atoms with Crippen LogP contribution in [0.25, 0.3) is 6.08 Å². The molecule has 1 amide bonds. The molecule has 152 valence electrons. The third-order valence-corrected chi connectivity index (χ3v) is 6.45. The highest BCUT2D eigenvalue weighted by molar-refractivity contribution is 7.90. The molecular weight excluding hydrogens is 395 g/mol. The average Bonchev–Trinajstić information content (AvgIpc) is 2.94. The van der Waals surface area contributed by atoms with Crippen molar-refractivity contribution in [3.63, 3.8) is 0 Å². The highest BCUT2D eigenvalue weighted by Gasteiger charge is 2.29. The number of halogens is 1. The number of amides is 1. The van der Waals surface area contributed by atoms with Crippen molar-refractivity contribution in [3.05, 3.63) is 47.3 Å². The lowest BCUT2D eigenvalue weighted by molar-refractivity contribution is 0.101. The molecule has 2 aromatic rings. The van der Waals surface area contributed by atoms with Gasteiger partial charge in [0.2, 0.25) is 5.95 Å². The van der Waals surface area contributed by atoms with Crippen molar-refractivity contribution >= 4 is 27.6 Å². The van der Waals surface area contributed by atoms with Crippen LogP contribution in [0.5, 0.6) is 0 Å². The number of nitrogens with zero attached hydrogens (tertiary/aromatic N) is 3. The van der Waals surface area contributed by atoms with Crippen molar-refractivity contribution in [2.24, 2.45) is 13.0 Å². The topological polar surface area (TPSA) is 124 Å². The summed E-state index contributed by atoms with van der Waals surface area (Å²) in [6.45, 7) is 4.00. The van der Waals surface area contributed by atoms with Gasteiger partial charge in [-0.15, -0.1) is 0 Å². The molecule has 3 N–H and O–H groups in total. The zero-order valence-electron chi connectivity index (χ0n) is 16.2. The predicted octanol–water partition coefficient (Wildman–Crippen LogP) is 3.03. The van der Waals surface area contributed by atoms with Gasteiger partial charge in [0.25, 0.3) is 5.91 Å². The van der Waals surface area contributed by atoms with E-state index in [1.54, 1.807) is 19.2 Å². The molecular formula is C19H21FN6O2S. The average molecular weight is 416 g/mol. The number of hydrogen-bond acceptors (Lipinski definition) is 5. The van der Waals surface area contributed by atoms with E-state index in [1.807, 2.05) is 19.9 Å². The number of carbonyl (C=O) groups excluding carboxylic acids is 1. The third-order valence-electron chi connectivity index (χ3n) is 4.90. The summed E-state index contributed by atoms with van der Waals surface area (Å²) in [5.41, 5.74) is 0.464. The van der Waals surface area contributed by atoms with Crippen molar-refractivity contribution in [3.8, 4) is 6.07 Å². The lowest BCUT2D eigenvalue weighted by Gasteiger charge is -2.20. The fraction of sp³-hybridized carbons (Fsp3) is 0.316. The Bertz CT molecular complexity index is 1150. The lowest BCUT2D eigenvalue weighted by Crippen LogP contribution is -2.36. The molecule has 0 saturated carbocycles. The minimum atomic E-state index is -3.33. The predicted molar refractivity (Wildman–Crippen MR) is 107 cm³/mol. The normalized spacial score (nSPS) is 21.7. The maximum atomic E-state index is 13.6. The van der Waals surface area contributed by atoms with Crippen LogP contribution in [-0.2, 0) is 17.0 Å². The number of hydrogen-bond donors (Lipinski definition) is 3. The van der Waals surface area contributed by atoms with Crippen LogP contribution in [0.15, 0.2) is 29.3 Å². The molecule has 1 aliphatic rings. The van der Waals surface area contributed by atoms with E-state index < -0.39 is 21.8 Å². The Kier molecular flexibility index (Phi) is 5.55. The summed E-state index contributed by atoms with van der Waals surface area (Å²) in [6, 6.07) is 3.72. The van der Waals surface area contributed by atoms with E-state index in [4.69, 9.17) is 10.0 Å². The molecule has 1 aliphatic heterocycles. The second-order valence-electron chi connectivity index (χ2n) is 6.94. The molecule has 0 bridgehead atoms. The summed E-state index contributed by atoms with van der Waals surface area (Å²) in [5, 5.41) is 11.5. The van der Waals surface area contributed by atoms with Gasteiger partial charge in [-0.1, -0.05) is 32.4 Å². The molecule has 3 heterocycles. The Morgan fingerprint density at radius 2 is 2.28 bits per heavy atom. The van der Waals surface area contributed by atoms with Gasteiger partial charge >= 0.3 is 0 Å². The van der Waals surface area contributed by atoms with Crippen molar-refractivity contribution in [2.45, 2.75) is 31.2 Å². The molecule has 0 aliphatic carbocycles. The summed E-state index contributed by atoms with van der Waals surface area (Å²) in [6.07, 6.45) is 5.83. The van der Waals surface area contributed by atoms with Crippen LogP contribution in [0.3, 0.4) is 0 Å². The van der Waals surface area contributed by atoms with Crippen LogP contribution in [0.4, 0.5) is 10.1 Å². The van der Waals surface area contributed by atoms with Crippen molar-refractivity contribution in [2.75, 3.05) is 5.32 Å². The number of carbonyl (C=O) groups is 1. The fourth-order valence-electron chi connectivity index (χ4n) is 3.16. The maximum Gasteiger partial charge on any atom is 0.272 e. The smallest absolute Gasteiger partial charge is 0.272 e. The number of aromatic nitrogens is 2.